The Morgan fingerprint density at radius 3 is 1.84 bits per heavy atom. The van der Waals surface area contributed by atoms with E-state index in [2.05, 4.69) is 39.5 Å². The quantitative estimate of drug-likeness (QED) is 0.628. The van der Waals surface area contributed by atoms with E-state index in [0.717, 1.165) is 38.0 Å². The van der Waals surface area contributed by atoms with Crippen molar-refractivity contribution in [3.63, 3.8) is 0 Å². The number of ether oxygens (including phenoxy) is 1. The van der Waals surface area contributed by atoms with Crippen LogP contribution < -0.4 is 5.73 Å². The Kier molecular flexibility index (Phi) is 9.67. The molecule has 0 aliphatic rings. The molecule has 0 aromatic carbocycles. The number of rotatable bonds is 11. The predicted octanol–water partition coefficient (Wildman–Crippen LogP) is 3.13. The molecule has 1 atom stereocenters. The molecule has 0 aromatic rings. The van der Waals surface area contributed by atoms with Crippen molar-refractivity contribution >= 4 is 0 Å². The van der Waals surface area contributed by atoms with Crippen molar-refractivity contribution in [3.8, 4) is 0 Å². The van der Waals surface area contributed by atoms with E-state index in [1.165, 1.54) is 12.8 Å². The zero-order valence-electron chi connectivity index (χ0n) is 14.0. The normalized spacial score (nSPS) is 15.5. The van der Waals surface area contributed by atoms with Crippen LogP contribution in [0.4, 0.5) is 0 Å². The lowest BCUT2D eigenvalue weighted by Crippen LogP contribution is -2.53. The van der Waals surface area contributed by atoms with E-state index < -0.39 is 0 Å². The molecule has 0 spiro atoms. The summed E-state index contributed by atoms with van der Waals surface area (Å²) in [6.45, 7) is 15.2. The molecule has 0 fully saturated rings. The molecule has 0 aliphatic heterocycles. The first-order valence-electron chi connectivity index (χ1n) is 7.79. The Balaban J connectivity index is 4.63. The van der Waals surface area contributed by atoms with Crippen molar-refractivity contribution in [2.45, 2.75) is 59.4 Å². The minimum atomic E-state index is 0.0692. The lowest BCUT2D eigenvalue weighted by Gasteiger charge is -2.41. The van der Waals surface area contributed by atoms with Crippen LogP contribution in [-0.2, 0) is 4.74 Å². The fourth-order valence-corrected chi connectivity index (χ4v) is 2.19. The second-order valence-corrected chi connectivity index (χ2v) is 6.80. The van der Waals surface area contributed by atoms with Crippen molar-refractivity contribution in [1.29, 1.82) is 0 Å². The first-order chi connectivity index (χ1) is 8.85. The van der Waals surface area contributed by atoms with Gasteiger partial charge in [-0.3, -0.25) is 4.90 Å². The maximum Gasteiger partial charge on any atom is 0.0480 e. The van der Waals surface area contributed by atoms with E-state index >= 15 is 0 Å². The van der Waals surface area contributed by atoms with Gasteiger partial charge >= 0.3 is 0 Å². The average molecular weight is 272 g/mol. The summed E-state index contributed by atoms with van der Waals surface area (Å²) < 4.78 is 5.26. The zero-order valence-corrected chi connectivity index (χ0v) is 14.0. The molecule has 0 radical (unpaired) electrons. The first-order valence-corrected chi connectivity index (χ1v) is 7.79. The van der Waals surface area contributed by atoms with E-state index in [9.17, 15) is 0 Å². The maximum atomic E-state index is 6.06. The van der Waals surface area contributed by atoms with Gasteiger partial charge < -0.3 is 10.5 Å². The van der Waals surface area contributed by atoms with E-state index in [-0.39, 0.29) is 5.54 Å². The van der Waals surface area contributed by atoms with E-state index in [1.807, 2.05) is 0 Å². The summed E-state index contributed by atoms with van der Waals surface area (Å²) in [5.74, 6) is 1.48. The van der Waals surface area contributed by atoms with Crippen molar-refractivity contribution in [1.82, 2.24) is 4.90 Å². The first kappa shape index (κ1) is 18.9. The molecule has 3 heteroatoms. The highest BCUT2D eigenvalue weighted by Gasteiger charge is 2.29. The molecule has 1 unspecified atom stereocenters. The van der Waals surface area contributed by atoms with Crippen LogP contribution in [0.5, 0.6) is 0 Å². The highest BCUT2D eigenvalue weighted by molar-refractivity contribution is 4.87. The van der Waals surface area contributed by atoms with Crippen LogP contribution in [0.15, 0.2) is 0 Å². The van der Waals surface area contributed by atoms with Gasteiger partial charge in [-0.15, -0.1) is 0 Å². The second-order valence-electron chi connectivity index (χ2n) is 6.80. The molecule has 0 aromatic heterocycles. The predicted molar refractivity (Wildman–Crippen MR) is 84.4 cm³/mol. The summed E-state index contributed by atoms with van der Waals surface area (Å²) in [5, 5.41) is 0. The molecule has 0 bridgehead atoms. The van der Waals surface area contributed by atoms with Crippen LogP contribution in [0.2, 0.25) is 0 Å². The van der Waals surface area contributed by atoms with Gasteiger partial charge in [0.15, 0.2) is 0 Å². The van der Waals surface area contributed by atoms with Crippen LogP contribution >= 0.6 is 0 Å². The van der Waals surface area contributed by atoms with Gasteiger partial charge in [-0.2, -0.15) is 0 Å². The SMILES string of the molecule is COCCC(C)(CN)N(CCC(C)C)CCC(C)C. The fraction of sp³-hybridized carbons (Fsp3) is 1.00. The Hall–Kier alpha value is -0.120. The number of methoxy groups -OCH3 is 1. The van der Waals surface area contributed by atoms with Crippen LogP contribution in [0.25, 0.3) is 0 Å². The topological polar surface area (TPSA) is 38.5 Å². The summed E-state index contributed by atoms with van der Waals surface area (Å²) in [6, 6.07) is 0. The molecule has 19 heavy (non-hydrogen) atoms. The third-order valence-electron chi connectivity index (χ3n) is 4.00. The number of hydrogen-bond donors (Lipinski definition) is 1. The summed E-state index contributed by atoms with van der Waals surface area (Å²) in [5.41, 5.74) is 6.13. The highest BCUT2D eigenvalue weighted by Crippen LogP contribution is 2.21. The third-order valence-corrected chi connectivity index (χ3v) is 4.00. The lowest BCUT2D eigenvalue weighted by molar-refractivity contribution is 0.0608. The highest BCUT2D eigenvalue weighted by atomic mass is 16.5. The molecule has 0 amide bonds. The Morgan fingerprint density at radius 2 is 1.53 bits per heavy atom. The largest absolute Gasteiger partial charge is 0.385 e. The Labute approximate surface area is 120 Å². The van der Waals surface area contributed by atoms with Gasteiger partial charge in [0.25, 0.3) is 0 Å². The van der Waals surface area contributed by atoms with Gasteiger partial charge in [0.2, 0.25) is 0 Å². The fourth-order valence-electron chi connectivity index (χ4n) is 2.19. The molecule has 0 rings (SSSR count). The van der Waals surface area contributed by atoms with Crippen molar-refractivity contribution < 1.29 is 4.74 Å². The third kappa shape index (κ3) is 7.91. The molecule has 116 valence electrons. The Bertz CT molecular complexity index is 207. The Morgan fingerprint density at radius 1 is 1.05 bits per heavy atom. The average Bonchev–Trinajstić information content (AvgIpc) is 2.35. The number of hydrogen-bond acceptors (Lipinski definition) is 3. The summed E-state index contributed by atoms with van der Waals surface area (Å²) >= 11 is 0. The minimum absolute atomic E-state index is 0.0692. The van der Waals surface area contributed by atoms with Gasteiger partial charge in [0, 0.05) is 25.8 Å². The van der Waals surface area contributed by atoms with Gasteiger partial charge in [0.05, 0.1) is 0 Å². The van der Waals surface area contributed by atoms with Gasteiger partial charge in [-0.05, 0) is 51.1 Å². The summed E-state index contributed by atoms with van der Waals surface area (Å²) in [4.78, 5) is 2.59. The van der Waals surface area contributed by atoms with Crippen LogP contribution in [0, 0.1) is 11.8 Å². The molecule has 0 heterocycles. The molecule has 0 saturated heterocycles. The van der Waals surface area contributed by atoms with Gasteiger partial charge in [-0.25, -0.2) is 0 Å². The molecule has 2 N–H and O–H groups in total. The van der Waals surface area contributed by atoms with E-state index in [1.54, 1.807) is 7.11 Å². The molecule has 0 saturated carbocycles. The monoisotopic (exact) mass is 272 g/mol. The van der Waals surface area contributed by atoms with Crippen molar-refractivity contribution in [3.05, 3.63) is 0 Å². The van der Waals surface area contributed by atoms with Gasteiger partial charge in [-0.1, -0.05) is 27.7 Å². The maximum absolute atomic E-state index is 6.06. The zero-order chi connectivity index (χ0) is 14.9. The molecule has 3 nitrogen and oxygen atoms in total. The smallest absolute Gasteiger partial charge is 0.0480 e. The van der Waals surface area contributed by atoms with Crippen LogP contribution in [-0.4, -0.2) is 43.8 Å². The van der Waals surface area contributed by atoms with Crippen LogP contribution in [0.1, 0.15) is 53.9 Å². The molecular formula is C16H36N2O. The number of nitrogens with zero attached hydrogens (tertiary/aromatic N) is 1. The summed E-state index contributed by atoms with van der Waals surface area (Å²) in [6.07, 6.45) is 3.48. The second kappa shape index (κ2) is 9.73. The number of nitrogens with two attached hydrogens (primary N) is 1. The molecule has 0 aliphatic carbocycles. The van der Waals surface area contributed by atoms with Crippen molar-refractivity contribution in [2.75, 3.05) is 33.4 Å². The molecular weight excluding hydrogens is 236 g/mol. The van der Waals surface area contributed by atoms with Gasteiger partial charge in [0.1, 0.15) is 0 Å². The van der Waals surface area contributed by atoms with Crippen LogP contribution in [0.3, 0.4) is 0 Å². The lowest BCUT2D eigenvalue weighted by atomic mass is 9.93. The van der Waals surface area contributed by atoms with E-state index in [4.69, 9.17) is 10.5 Å². The van der Waals surface area contributed by atoms with E-state index in [0.29, 0.717) is 6.54 Å². The summed E-state index contributed by atoms with van der Waals surface area (Å²) in [7, 11) is 1.77. The van der Waals surface area contributed by atoms with Crippen molar-refractivity contribution in [2.24, 2.45) is 17.6 Å². The minimum Gasteiger partial charge on any atom is -0.385 e. The standard InChI is InChI=1S/C16H36N2O/c1-14(2)7-10-18(11-8-15(3)4)16(5,13-17)9-12-19-6/h14-15H,7-13,17H2,1-6H3.